The quantitative estimate of drug-likeness (QED) is 0.415. The zero-order valence-corrected chi connectivity index (χ0v) is 24.1. The molecule has 0 saturated heterocycles. The van der Waals surface area contributed by atoms with Gasteiger partial charge < -0.3 is 9.84 Å². The molecule has 3 fully saturated rings. The van der Waals surface area contributed by atoms with Crippen LogP contribution in [0.5, 0.6) is 0 Å². The zero-order chi connectivity index (χ0) is 27.4. The number of hydrogen-bond donors (Lipinski definition) is 1. The molecule has 1 N–H and O–H groups in total. The molecule has 5 nitrogen and oxygen atoms in total. The standard InChI is InChI=1S/C32H46O5/c1-27(2)19(25(34)37-8)9-11-30(5)23(27)10-12-32(7)24(30)22(33)17-20-21-18-29(4,26(35)36)14-13-28(21,3)15-16-31(20,32)6/h9,17,21,23-24H,10-16,18H2,1-8H3,(H,35,36)/t21-,23-,24+,28+,29-,30-,31+,32+/m0/s1. The fraction of sp³-hybridized carbons (Fsp3) is 0.781. The van der Waals surface area contributed by atoms with Gasteiger partial charge in [-0.15, -0.1) is 0 Å². The van der Waals surface area contributed by atoms with Crippen LogP contribution in [0.1, 0.15) is 99.8 Å². The molecule has 0 amide bonds. The minimum Gasteiger partial charge on any atom is -0.481 e. The Bertz CT molecular complexity index is 1130. The number of carbonyl (C=O) groups excluding carboxylic acids is 2. The lowest BCUT2D eigenvalue weighted by Gasteiger charge is -2.69. The summed E-state index contributed by atoms with van der Waals surface area (Å²) in [6, 6.07) is 0. The van der Waals surface area contributed by atoms with E-state index in [0.717, 1.165) is 37.7 Å². The van der Waals surface area contributed by atoms with E-state index in [0.29, 0.717) is 19.3 Å². The molecule has 0 heterocycles. The Morgan fingerprint density at radius 3 is 2.24 bits per heavy atom. The molecular weight excluding hydrogens is 464 g/mol. The molecule has 5 rings (SSSR count). The molecule has 204 valence electrons. The molecule has 5 aliphatic rings. The first-order valence-corrected chi connectivity index (χ1v) is 14.3. The van der Waals surface area contributed by atoms with Gasteiger partial charge in [0.05, 0.1) is 12.5 Å². The molecule has 0 radical (unpaired) electrons. The number of hydrogen-bond acceptors (Lipinski definition) is 4. The molecule has 8 atom stereocenters. The van der Waals surface area contributed by atoms with Crippen molar-refractivity contribution < 1.29 is 24.2 Å². The SMILES string of the molecule is COC(=O)C1=CC[C@]2(C)[C@H]3C(=O)C=C4[C@@H]5C[C@@](C)(C(=O)O)CC[C@]5(C)CC[C@@]4(C)[C@]3(C)CC[C@H]2C1(C)C. The van der Waals surface area contributed by atoms with Gasteiger partial charge in [0, 0.05) is 11.5 Å². The molecule has 37 heavy (non-hydrogen) atoms. The van der Waals surface area contributed by atoms with E-state index in [4.69, 9.17) is 4.74 Å². The highest BCUT2D eigenvalue weighted by molar-refractivity contribution is 5.96. The minimum absolute atomic E-state index is 0.0515. The fourth-order valence-corrected chi connectivity index (χ4v) is 10.4. The second kappa shape index (κ2) is 7.82. The van der Waals surface area contributed by atoms with Crippen molar-refractivity contribution in [3.63, 3.8) is 0 Å². The third kappa shape index (κ3) is 3.24. The number of ether oxygens (including phenoxy) is 1. The summed E-state index contributed by atoms with van der Waals surface area (Å²) in [5, 5.41) is 10.1. The van der Waals surface area contributed by atoms with Crippen molar-refractivity contribution in [3.8, 4) is 0 Å². The lowest BCUT2D eigenvalue weighted by Crippen LogP contribution is -2.65. The van der Waals surface area contributed by atoms with E-state index in [2.05, 4.69) is 47.6 Å². The molecule has 0 unspecified atom stereocenters. The number of rotatable bonds is 2. The van der Waals surface area contributed by atoms with Crippen molar-refractivity contribution in [1.82, 2.24) is 0 Å². The van der Waals surface area contributed by atoms with Crippen LogP contribution >= 0.6 is 0 Å². The van der Waals surface area contributed by atoms with Gasteiger partial charge in [-0.05, 0) is 103 Å². The van der Waals surface area contributed by atoms with Gasteiger partial charge in [-0.1, -0.05) is 53.2 Å². The maximum absolute atomic E-state index is 14.3. The van der Waals surface area contributed by atoms with Crippen LogP contribution in [0.25, 0.3) is 0 Å². The van der Waals surface area contributed by atoms with Crippen molar-refractivity contribution in [1.29, 1.82) is 0 Å². The first-order valence-electron chi connectivity index (χ1n) is 14.3. The Morgan fingerprint density at radius 1 is 0.973 bits per heavy atom. The molecule has 0 aliphatic heterocycles. The van der Waals surface area contributed by atoms with Gasteiger partial charge in [0.1, 0.15) is 0 Å². The monoisotopic (exact) mass is 510 g/mol. The van der Waals surface area contributed by atoms with E-state index in [-0.39, 0.29) is 56.6 Å². The first kappa shape index (κ1) is 26.7. The topological polar surface area (TPSA) is 80.7 Å². The molecule has 5 heteroatoms. The lowest BCUT2D eigenvalue weighted by atomic mass is 9.33. The minimum atomic E-state index is -0.740. The van der Waals surface area contributed by atoms with Crippen molar-refractivity contribution in [2.24, 2.45) is 50.2 Å². The Labute approximate surface area is 222 Å². The van der Waals surface area contributed by atoms with Crippen molar-refractivity contribution in [3.05, 3.63) is 23.3 Å². The number of carboxylic acid groups (broad SMARTS) is 1. The van der Waals surface area contributed by atoms with Crippen molar-refractivity contribution in [2.45, 2.75) is 99.8 Å². The second-order valence-corrected chi connectivity index (χ2v) is 15.1. The van der Waals surface area contributed by atoms with Gasteiger partial charge in [-0.3, -0.25) is 9.59 Å². The lowest BCUT2D eigenvalue weighted by molar-refractivity contribution is -0.176. The maximum atomic E-state index is 14.3. The van der Waals surface area contributed by atoms with Gasteiger partial charge in [0.15, 0.2) is 5.78 Å². The highest BCUT2D eigenvalue weighted by Crippen LogP contribution is 2.75. The second-order valence-electron chi connectivity index (χ2n) is 15.1. The van der Waals surface area contributed by atoms with Gasteiger partial charge in [0.2, 0.25) is 0 Å². The van der Waals surface area contributed by atoms with Crippen LogP contribution in [0.2, 0.25) is 0 Å². The number of allylic oxidation sites excluding steroid dienone is 3. The summed E-state index contributed by atoms with van der Waals surface area (Å²) in [5.41, 5.74) is 0.326. The number of carbonyl (C=O) groups is 3. The Morgan fingerprint density at radius 2 is 1.62 bits per heavy atom. The highest BCUT2D eigenvalue weighted by atomic mass is 16.5. The van der Waals surface area contributed by atoms with E-state index < -0.39 is 11.4 Å². The van der Waals surface area contributed by atoms with Crippen LogP contribution in [0.4, 0.5) is 0 Å². The maximum Gasteiger partial charge on any atom is 0.333 e. The largest absolute Gasteiger partial charge is 0.481 e. The van der Waals surface area contributed by atoms with E-state index in [1.165, 1.54) is 12.7 Å². The molecule has 0 spiro atoms. The summed E-state index contributed by atoms with van der Waals surface area (Å²) < 4.78 is 5.14. The van der Waals surface area contributed by atoms with E-state index in [1.54, 1.807) is 0 Å². The summed E-state index contributed by atoms with van der Waals surface area (Å²) in [7, 11) is 1.44. The number of methoxy groups -OCH3 is 1. The average molecular weight is 511 g/mol. The van der Waals surface area contributed by atoms with Gasteiger partial charge in [-0.25, -0.2) is 4.79 Å². The summed E-state index contributed by atoms with van der Waals surface area (Å²) in [4.78, 5) is 39.3. The van der Waals surface area contributed by atoms with Crippen LogP contribution < -0.4 is 0 Å². The van der Waals surface area contributed by atoms with E-state index in [9.17, 15) is 19.5 Å². The van der Waals surface area contributed by atoms with Gasteiger partial charge in [-0.2, -0.15) is 0 Å². The smallest absolute Gasteiger partial charge is 0.333 e. The van der Waals surface area contributed by atoms with E-state index >= 15 is 0 Å². The van der Waals surface area contributed by atoms with Crippen LogP contribution in [0, 0.1) is 50.2 Å². The third-order valence-electron chi connectivity index (χ3n) is 13.1. The van der Waals surface area contributed by atoms with Crippen LogP contribution in [0.15, 0.2) is 23.3 Å². The normalized spacial score (nSPS) is 48.3. The molecule has 0 bridgehead atoms. The van der Waals surface area contributed by atoms with Gasteiger partial charge >= 0.3 is 11.9 Å². The van der Waals surface area contributed by atoms with Crippen LogP contribution in [-0.2, 0) is 19.1 Å². The number of fused-ring (bicyclic) bond motifs is 7. The summed E-state index contributed by atoms with van der Waals surface area (Å²) in [5.74, 6) is -0.532. The third-order valence-corrected chi connectivity index (χ3v) is 13.1. The first-order chi connectivity index (χ1) is 17.0. The predicted molar refractivity (Wildman–Crippen MR) is 143 cm³/mol. The van der Waals surface area contributed by atoms with Crippen LogP contribution in [0.3, 0.4) is 0 Å². The molecule has 0 aromatic carbocycles. The summed E-state index contributed by atoms with van der Waals surface area (Å²) in [6.07, 6.45) is 11.0. The molecule has 0 aromatic heterocycles. The zero-order valence-electron chi connectivity index (χ0n) is 24.1. The number of carboxylic acids is 1. The predicted octanol–water partition coefficient (Wildman–Crippen LogP) is 6.76. The molecular formula is C32H46O5. The fourth-order valence-electron chi connectivity index (χ4n) is 10.4. The Balaban J connectivity index is 1.62. The van der Waals surface area contributed by atoms with Crippen molar-refractivity contribution in [2.75, 3.05) is 7.11 Å². The average Bonchev–Trinajstić information content (AvgIpc) is 2.80. The molecule has 5 aliphatic carbocycles. The number of esters is 1. The summed E-state index contributed by atoms with van der Waals surface area (Å²) in [6.45, 7) is 15.6. The Hall–Kier alpha value is -1.91. The number of aliphatic carboxylic acids is 1. The number of ketones is 1. The van der Waals surface area contributed by atoms with Crippen molar-refractivity contribution >= 4 is 17.7 Å². The highest BCUT2D eigenvalue weighted by Gasteiger charge is 2.70. The summed E-state index contributed by atoms with van der Waals surface area (Å²) >= 11 is 0. The molecule has 3 saturated carbocycles. The Kier molecular flexibility index (Phi) is 5.64. The van der Waals surface area contributed by atoms with Crippen LogP contribution in [-0.4, -0.2) is 29.9 Å². The van der Waals surface area contributed by atoms with Gasteiger partial charge in [0.25, 0.3) is 0 Å². The molecule has 0 aromatic rings. The van der Waals surface area contributed by atoms with E-state index in [1.807, 2.05) is 13.0 Å².